The van der Waals surface area contributed by atoms with Gasteiger partial charge in [0, 0.05) is 12.8 Å². The molecule has 7 heteroatoms. The molecular weight excluding hydrogens is 304 g/mol. The number of ether oxygens (including phenoxy) is 1. The number of aliphatic hydroxyl groups excluding tert-OH is 2. The lowest BCUT2D eigenvalue weighted by Crippen LogP contribution is -2.56. The van der Waals surface area contributed by atoms with Gasteiger partial charge in [-0.2, -0.15) is 0 Å². The van der Waals surface area contributed by atoms with E-state index < -0.39 is 36.3 Å². The van der Waals surface area contributed by atoms with E-state index in [1.54, 1.807) is 24.3 Å². The van der Waals surface area contributed by atoms with Gasteiger partial charge in [0.2, 0.25) is 0 Å². The molecule has 0 amide bonds. The van der Waals surface area contributed by atoms with Gasteiger partial charge in [0.05, 0.1) is 18.8 Å². The van der Waals surface area contributed by atoms with Crippen molar-refractivity contribution in [2.45, 2.75) is 36.8 Å². The Morgan fingerprint density at radius 2 is 1.91 bits per heavy atom. The number of carboxylic acids is 1. The number of hydrogen-bond donors (Lipinski definition) is 5. The van der Waals surface area contributed by atoms with Crippen LogP contribution in [0.25, 0.3) is 6.08 Å². The topological polar surface area (TPSA) is 127 Å². The summed E-state index contributed by atoms with van der Waals surface area (Å²) >= 11 is 0. The zero-order valence-corrected chi connectivity index (χ0v) is 12.4. The first-order chi connectivity index (χ1) is 10.8. The van der Waals surface area contributed by atoms with Gasteiger partial charge in [-0.05, 0) is 17.7 Å². The molecule has 0 aromatic heterocycles. The average molecular weight is 324 g/mol. The number of carboxylic acid groups (broad SMARTS) is 1. The predicted octanol–water partition coefficient (Wildman–Crippen LogP) is 0.122. The summed E-state index contributed by atoms with van der Waals surface area (Å²) in [6.07, 6.45) is -0.953. The monoisotopic (exact) mass is 324 g/mol. The minimum Gasteiger partial charge on any atom is -0.508 e. The zero-order valence-electron chi connectivity index (χ0n) is 12.4. The maximum atomic E-state index is 11.1. The Bertz CT molecular complexity index is 568. The molecule has 0 spiro atoms. The number of phenolic OH excluding ortho intramolecular Hbond substituents is 1. The number of rotatable bonds is 5. The van der Waals surface area contributed by atoms with Gasteiger partial charge in [0.25, 0.3) is 0 Å². The van der Waals surface area contributed by atoms with Gasteiger partial charge in [-0.1, -0.05) is 24.3 Å². The van der Waals surface area contributed by atoms with Gasteiger partial charge < -0.3 is 30.3 Å². The van der Waals surface area contributed by atoms with Crippen molar-refractivity contribution in [3.63, 3.8) is 0 Å². The smallest absolute Gasteiger partial charge is 0.335 e. The minimum absolute atomic E-state index is 0.0744. The number of aliphatic carboxylic acids is 1. The number of hydrogen-bond acceptors (Lipinski definition) is 6. The lowest BCUT2D eigenvalue weighted by molar-refractivity contribution is -0.192. The molecule has 1 aliphatic carbocycles. The molecule has 0 radical (unpaired) electrons. The molecule has 0 heterocycles. The van der Waals surface area contributed by atoms with E-state index in [1.165, 1.54) is 12.1 Å². The molecule has 5 N–H and O–H groups in total. The second kappa shape index (κ2) is 7.10. The van der Waals surface area contributed by atoms with Crippen molar-refractivity contribution < 1.29 is 35.1 Å². The van der Waals surface area contributed by atoms with E-state index in [4.69, 9.17) is 9.84 Å². The summed E-state index contributed by atoms with van der Waals surface area (Å²) in [5, 5.41) is 47.7. The third-order valence-electron chi connectivity index (χ3n) is 3.87. The Hall–Kier alpha value is -1.93. The van der Waals surface area contributed by atoms with Crippen LogP contribution in [0.1, 0.15) is 18.4 Å². The highest BCUT2D eigenvalue weighted by Crippen LogP contribution is 2.31. The van der Waals surface area contributed by atoms with Crippen LogP contribution in [0.4, 0.5) is 0 Å². The molecule has 0 bridgehead atoms. The van der Waals surface area contributed by atoms with Crippen LogP contribution >= 0.6 is 0 Å². The van der Waals surface area contributed by atoms with Crippen LogP contribution < -0.4 is 0 Å². The number of benzene rings is 1. The Labute approximate surface area is 133 Å². The molecule has 1 aromatic carbocycles. The Morgan fingerprint density at radius 1 is 1.26 bits per heavy atom. The number of phenols is 1. The molecule has 0 saturated heterocycles. The zero-order chi connectivity index (χ0) is 17.0. The first-order valence-corrected chi connectivity index (χ1v) is 7.21. The van der Waals surface area contributed by atoms with Gasteiger partial charge in [-0.25, -0.2) is 4.79 Å². The van der Waals surface area contributed by atoms with Gasteiger partial charge in [-0.15, -0.1) is 0 Å². The SMILES string of the molecule is O=C(O)C1(O)CC(O)C(O)C(OCC=Cc2ccc(O)cc2)C1. The normalized spacial score (nSPS) is 31.3. The maximum absolute atomic E-state index is 11.1. The average Bonchev–Trinajstić information content (AvgIpc) is 2.50. The van der Waals surface area contributed by atoms with Crippen LogP contribution in [0.2, 0.25) is 0 Å². The summed E-state index contributed by atoms with van der Waals surface area (Å²) in [4.78, 5) is 11.1. The number of carbonyl (C=O) groups is 1. The van der Waals surface area contributed by atoms with Crippen LogP contribution in [0.3, 0.4) is 0 Å². The molecule has 1 fully saturated rings. The van der Waals surface area contributed by atoms with Crippen molar-refractivity contribution in [2.24, 2.45) is 0 Å². The summed E-state index contributed by atoms with van der Waals surface area (Å²) in [6, 6.07) is 6.48. The molecule has 0 aliphatic heterocycles. The van der Waals surface area contributed by atoms with Gasteiger partial charge in [0.1, 0.15) is 11.9 Å². The van der Waals surface area contributed by atoms with E-state index in [-0.39, 0.29) is 18.8 Å². The highest BCUT2D eigenvalue weighted by atomic mass is 16.5. The highest BCUT2D eigenvalue weighted by molar-refractivity contribution is 5.77. The molecule has 126 valence electrons. The Balaban J connectivity index is 1.93. The van der Waals surface area contributed by atoms with Crippen molar-refractivity contribution in [1.82, 2.24) is 0 Å². The third-order valence-corrected chi connectivity index (χ3v) is 3.87. The van der Waals surface area contributed by atoms with E-state index in [2.05, 4.69) is 0 Å². The van der Waals surface area contributed by atoms with Gasteiger partial charge >= 0.3 is 5.97 Å². The molecular formula is C16H20O7. The van der Waals surface area contributed by atoms with Crippen LogP contribution in [0.5, 0.6) is 5.75 Å². The summed E-state index contributed by atoms with van der Waals surface area (Å²) in [5.41, 5.74) is -1.28. The van der Waals surface area contributed by atoms with Crippen LogP contribution in [-0.4, -0.2) is 62.0 Å². The molecule has 7 nitrogen and oxygen atoms in total. The second-order valence-electron chi connectivity index (χ2n) is 5.67. The number of aromatic hydroxyl groups is 1. The number of aliphatic hydroxyl groups is 3. The molecule has 23 heavy (non-hydrogen) atoms. The third kappa shape index (κ3) is 4.29. The Morgan fingerprint density at radius 3 is 2.52 bits per heavy atom. The highest BCUT2D eigenvalue weighted by Gasteiger charge is 2.49. The summed E-state index contributed by atoms with van der Waals surface area (Å²) < 4.78 is 5.39. The summed E-state index contributed by atoms with van der Waals surface area (Å²) in [6.45, 7) is 0.0744. The molecule has 1 aromatic rings. The van der Waals surface area contributed by atoms with Crippen LogP contribution in [-0.2, 0) is 9.53 Å². The van der Waals surface area contributed by atoms with Crippen molar-refractivity contribution in [3.8, 4) is 5.75 Å². The van der Waals surface area contributed by atoms with Crippen molar-refractivity contribution in [1.29, 1.82) is 0 Å². The van der Waals surface area contributed by atoms with Crippen molar-refractivity contribution >= 4 is 12.0 Å². The van der Waals surface area contributed by atoms with Crippen LogP contribution in [0.15, 0.2) is 30.3 Å². The maximum Gasteiger partial charge on any atom is 0.335 e. The fourth-order valence-electron chi connectivity index (χ4n) is 2.53. The Kier molecular flexibility index (Phi) is 5.38. The van der Waals surface area contributed by atoms with E-state index in [0.717, 1.165) is 5.56 Å². The predicted molar refractivity (Wildman–Crippen MR) is 80.7 cm³/mol. The van der Waals surface area contributed by atoms with E-state index in [1.807, 2.05) is 0 Å². The van der Waals surface area contributed by atoms with E-state index in [0.29, 0.717) is 0 Å². The first kappa shape index (κ1) is 17.4. The molecule has 4 unspecified atom stereocenters. The lowest BCUT2D eigenvalue weighted by atomic mass is 9.79. The molecule has 4 atom stereocenters. The van der Waals surface area contributed by atoms with Crippen molar-refractivity contribution in [3.05, 3.63) is 35.9 Å². The summed E-state index contributed by atoms with van der Waals surface area (Å²) in [5.74, 6) is -1.29. The molecule has 1 aliphatic rings. The summed E-state index contributed by atoms with van der Waals surface area (Å²) in [7, 11) is 0. The molecule has 2 rings (SSSR count). The first-order valence-electron chi connectivity index (χ1n) is 7.21. The van der Waals surface area contributed by atoms with Gasteiger partial charge in [0.15, 0.2) is 5.60 Å². The fraction of sp³-hybridized carbons (Fsp3) is 0.438. The fourth-order valence-corrected chi connectivity index (χ4v) is 2.53. The largest absolute Gasteiger partial charge is 0.508 e. The van der Waals surface area contributed by atoms with Crippen molar-refractivity contribution in [2.75, 3.05) is 6.61 Å². The minimum atomic E-state index is -2.11. The van der Waals surface area contributed by atoms with Gasteiger partial charge in [-0.3, -0.25) is 0 Å². The van der Waals surface area contributed by atoms with E-state index in [9.17, 15) is 25.2 Å². The standard InChI is InChI=1S/C16H20O7/c17-11-5-3-10(4-6-11)2-1-7-23-13-9-16(22,15(20)21)8-12(18)14(13)19/h1-6,12-14,17-19,22H,7-9H2,(H,20,21). The molecule has 1 saturated carbocycles. The van der Waals surface area contributed by atoms with E-state index >= 15 is 0 Å². The lowest BCUT2D eigenvalue weighted by Gasteiger charge is -2.39. The second-order valence-corrected chi connectivity index (χ2v) is 5.67. The van der Waals surface area contributed by atoms with Crippen LogP contribution in [0, 0.1) is 0 Å². The quantitative estimate of drug-likeness (QED) is 0.520.